The lowest BCUT2D eigenvalue weighted by Gasteiger charge is -2.37. The number of rotatable bonds is 8. The van der Waals surface area contributed by atoms with E-state index in [4.69, 9.17) is 14.6 Å². The van der Waals surface area contributed by atoms with E-state index in [0.29, 0.717) is 17.6 Å². The Bertz CT molecular complexity index is 976. The molecule has 7 heteroatoms. The third-order valence-corrected chi connectivity index (χ3v) is 6.87. The van der Waals surface area contributed by atoms with E-state index >= 15 is 0 Å². The first-order valence-electron chi connectivity index (χ1n) is 10.9. The minimum atomic E-state index is -4.28. The van der Waals surface area contributed by atoms with Crippen LogP contribution < -0.4 is 4.74 Å². The molecule has 2 saturated carbocycles. The highest BCUT2D eigenvalue weighted by atomic mass is 19.3. The number of aliphatic carboxylic acids is 1. The van der Waals surface area contributed by atoms with Crippen LogP contribution in [0.5, 0.6) is 5.75 Å². The molecular weight excluding hydrogens is 418 g/mol. The minimum Gasteiger partial charge on any atom is -0.487 e. The van der Waals surface area contributed by atoms with Crippen LogP contribution in [0.1, 0.15) is 61.1 Å². The summed E-state index contributed by atoms with van der Waals surface area (Å²) in [6, 6.07) is 13.3. The molecule has 2 aromatic carbocycles. The fraction of sp³-hybridized carbons (Fsp3) is 0.440. The lowest BCUT2D eigenvalue weighted by molar-refractivity contribution is -0.183. The number of esters is 1. The maximum absolute atomic E-state index is 14.3. The number of halogens is 2. The summed E-state index contributed by atoms with van der Waals surface area (Å²) in [6.07, 6.45) is 3.30. The molecule has 5 nitrogen and oxygen atoms in total. The Hall–Kier alpha value is -2.96. The predicted octanol–water partition coefficient (Wildman–Crippen LogP) is 5.65. The van der Waals surface area contributed by atoms with Gasteiger partial charge in [-0.3, -0.25) is 0 Å². The average Bonchev–Trinajstić information content (AvgIpc) is 3.40. The number of alkyl halides is 2. The summed E-state index contributed by atoms with van der Waals surface area (Å²) in [5.41, 5.74) is -0.250. The van der Waals surface area contributed by atoms with Crippen LogP contribution in [0.3, 0.4) is 0 Å². The number of fused-ring (bicyclic) bond motifs is 2. The van der Waals surface area contributed by atoms with Crippen molar-refractivity contribution in [2.24, 2.45) is 11.8 Å². The SMILES string of the molecule is CCC1(Oc2ccc(C(=O)OC(c3ccccc3)C(F)(F)C(=O)O)cc2)CC2CCC1C2. The molecule has 0 aromatic heterocycles. The van der Waals surface area contributed by atoms with Gasteiger partial charge >= 0.3 is 17.9 Å². The monoisotopic (exact) mass is 444 g/mol. The van der Waals surface area contributed by atoms with E-state index in [1.165, 1.54) is 55.7 Å². The van der Waals surface area contributed by atoms with E-state index in [1.54, 1.807) is 18.2 Å². The lowest BCUT2D eigenvalue weighted by Crippen LogP contribution is -2.40. The molecule has 2 bridgehead atoms. The smallest absolute Gasteiger partial charge is 0.382 e. The van der Waals surface area contributed by atoms with E-state index in [9.17, 15) is 18.4 Å². The topological polar surface area (TPSA) is 72.8 Å². The van der Waals surface area contributed by atoms with Crippen LogP contribution in [0, 0.1) is 11.8 Å². The molecule has 4 unspecified atom stereocenters. The fourth-order valence-corrected chi connectivity index (χ4v) is 5.18. The first-order chi connectivity index (χ1) is 15.2. The Morgan fingerprint density at radius 3 is 2.34 bits per heavy atom. The normalized spacial score (nSPS) is 25.3. The van der Waals surface area contributed by atoms with E-state index in [1.807, 2.05) is 0 Å². The number of carbonyl (C=O) groups is 2. The van der Waals surface area contributed by atoms with Gasteiger partial charge in [0.15, 0.2) is 0 Å². The van der Waals surface area contributed by atoms with Gasteiger partial charge in [0.1, 0.15) is 11.4 Å². The van der Waals surface area contributed by atoms with Crippen molar-refractivity contribution in [1.29, 1.82) is 0 Å². The van der Waals surface area contributed by atoms with Crippen LogP contribution in [0.15, 0.2) is 54.6 Å². The van der Waals surface area contributed by atoms with Gasteiger partial charge in [0, 0.05) is 0 Å². The van der Waals surface area contributed by atoms with Crippen LogP contribution in [0.2, 0.25) is 0 Å². The first-order valence-corrected chi connectivity index (χ1v) is 10.9. The highest BCUT2D eigenvalue weighted by molar-refractivity contribution is 5.90. The van der Waals surface area contributed by atoms with Gasteiger partial charge < -0.3 is 14.6 Å². The van der Waals surface area contributed by atoms with E-state index < -0.39 is 24.0 Å². The number of hydrogen-bond acceptors (Lipinski definition) is 4. The second kappa shape index (κ2) is 8.52. The number of benzene rings is 2. The molecule has 32 heavy (non-hydrogen) atoms. The number of carboxylic acid groups (broad SMARTS) is 1. The summed E-state index contributed by atoms with van der Waals surface area (Å²) in [5.74, 6) is -5.82. The van der Waals surface area contributed by atoms with Crippen molar-refractivity contribution in [1.82, 2.24) is 0 Å². The van der Waals surface area contributed by atoms with Crippen LogP contribution in [-0.4, -0.2) is 28.6 Å². The van der Waals surface area contributed by atoms with E-state index in [2.05, 4.69) is 6.92 Å². The van der Waals surface area contributed by atoms with Crippen molar-refractivity contribution in [3.05, 3.63) is 65.7 Å². The lowest BCUT2D eigenvalue weighted by atomic mass is 9.82. The zero-order valence-electron chi connectivity index (χ0n) is 17.8. The molecule has 170 valence electrons. The summed E-state index contributed by atoms with van der Waals surface area (Å²) < 4.78 is 40.0. The van der Waals surface area contributed by atoms with Crippen LogP contribution in [0.4, 0.5) is 8.78 Å². The van der Waals surface area contributed by atoms with Crippen molar-refractivity contribution in [2.45, 2.75) is 56.7 Å². The molecule has 0 radical (unpaired) electrons. The van der Waals surface area contributed by atoms with Gasteiger partial charge in [-0.15, -0.1) is 0 Å². The van der Waals surface area contributed by atoms with Gasteiger partial charge in [0.25, 0.3) is 0 Å². The van der Waals surface area contributed by atoms with Crippen molar-refractivity contribution in [3.8, 4) is 5.75 Å². The third-order valence-electron chi connectivity index (χ3n) is 6.87. The maximum atomic E-state index is 14.3. The molecule has 1 N–H and O–H groups in total. The molecule has 4 atom stereocenters. The molecule has 2 aromatic rings. The van der Waals surface area contributed by atoms with Crippen molar-refractivity contribution in [2.75, 3.05) is 0 Å². The van der Waals surface area contributed by atoms with Gasteiger partial charge in [-0.25, -0.2) is 9.59 Å². The largest absolute Gasteiger partial charge is 0.487 e. The van der Waals surface area contributed by atoms with Gasteiger partial charge in [-0.05, 0) is 73.8 Å². The van der Waals surface area contributed by atoms with Crippen LogP contribution in [0.25, 0.3) is 0 Å². The summed E-state index contributed by atoms with van der Waals surface area (Å²) in [5, 5.41) is 8.96. The zero-order chi connectivity index (χ0) is 22.9. The Labute approximate surface area is 185 Å². The summed E-state index contributed by atoms with van der Waals surface area (Å²) in [6.45, 7) is 2.12. The van der Waals surface area contributed by atoms with Crippen molar-refractivity contribution >= 4 is 11.9 Å². The highest BCUT2D eigenvalue weighted by Gasteiger charge is 2.52. The van der Waals surface area contributed by atoms with Gasteiger partial charge in [0.2, 0.25) is 6.10 Å². The fourth-order valence-electron chi connectivity index (χ4n) is 5.18. The molecule has 2 aliphatic rings. The average molecular weight is 444 g/mol. The number of hydrogen-bond donors (Lipinski definition) is 1. The molecular formula is C25H26F2O5. The van der Waals surface area contributed by atoms with Crippen LogP contribution in [-0.2, 0) is 9.53 Å². The summed E-state index contributed by atoms with van der Waals surface area (Å²) in [7, 11) is 0. The van der Waals surface area contributed by atoms with Crippen molar-refractivity contribution in [3.63, 3.8) is 0 Å². The van der Waals surface area contributed by atoms with Crippen molar-refractivity contribution < 1.29 is 33.0 Å². The second-order valence-electron chi connectivity index (χ2n) is 8.75. The Morgan fingerprint density at radius 1 is 1.12 bits per heavy atom. The van der Waals surface area contributed by atoms with Gasteiger partial charge in [-0.2, -0.15) is 8.78 Å². The number of ether oxygens (including phenoxy) is 2. The van der Waals surface area contributed by atoms with E-state index in [-0.39, 0.29) is 16.7 Å². The molecule has 4 rings (SSSR count). The number of carbonyl (C=O) groups excluding carboxylic acids is 1. The second-order valence-corrected chi connectivity index (χ2v) is 8.75. The van der Waals surface area contributed by atoms with Gasteiger partial charge in [-0.1, -0.05) is 37.3 Å². The maximum Gasteiger partial charge on any atom is 0.382 e. The quantitative estimate of drug-likeness (QED) is 0.533. The van der Waals surface area contributed by atoms with Gasteiger partial charge in [0.05, 0.1) is 5.56 Å². The molecule has 0 spiro atoms. The molecule has 2 aliphatic carbocycles. The third kappa shape index (κ3) is 4.08. The molecule has 0 heterocycles. The molecule has 0 aliphatic heterocycles. The molecule has 0 amide bonds. The zero-order valence-corrected chi connectivity index (χ0v) is 17.8. The Morgan fingerprint density at radius 2 is 1.81 bits per heavy atom. The first kappa shape index (κ1) is 22.2. The predicted molar refractivity (Wildman–Crippen MR) is 113 cm³/mol. The minimum absolute atomic E-state index is 0.0398. The van der Waals surface area contributed by atoms with E-state index in [0.717, 1.165) is 12.8 Å². The highest BCUT2D eigenvalue weighted by Crippen LogP contribution is 2.54. The number of carboxylic acids is 1. The molecule has 0 saturated heterocycles. The summed E-state index contributed by atoms with van der Waals surface area (Å²) in [4.78, 5) is 23.7. The standard InChI is InChI=1S/C25H26F2O5/c1-2-24(15-16-8-11-19(24)14-16)32-20-12-9-18(10-13-20)22(28)31-21(25(26,27)23(29)30)17-6-4-3-5-7-17/h3-7,9-10,12-13,16,19,21H,2,8,11,14-15H2,1H3,(H,29,30). The Balaban J connectivity index is 1.50. The summed E-state index contributed by atoms with van der Waals surface area (Å²) >= 11 is 0. The molecule has 2 fully saturated rings. The van der Waals surface area contributed by atoms with Crippen LogP contribution >= 0.6 is 0 Å². The Kier molecular flexibility index (Phi) is 5.93.